The molecule has 0 bridgehead atoms. The van der Waals surface area contributed by atoms with Crippen LogP contribution in [0.3, 0.4) is 0 Å². The first kappa shape index (κ1) is 19.9. The second-order valence-corrected chi connectivity index (χ2v) is 7.76. The zero-order valence-electron chi connectivity index (χ0n) is 16.6. The first-order chi connectivity index (χ1) is 14.7. The first-order valence-electron chi connectivity index (χ1n) is 9.62. The maximum atomic E-state index is 13.1. The zero-order chi connectivity index (χ0) is 20.8. The Kier molecular flexibility index (Phi) is 6.25. The van der Waals surface area contributed by atoms with Crippen LogP contribution in [-0.2, 0) is 11.3 Å². The van der Waals surface area contributed by atoms with Crippen molar-refractivity contribution in [2.24, 2.45) is 0 Å². The van der Waals surface area contributed by atoms with Gasteiger partial charge in [0.15, 0.2) is 0 Å². The van der Waals surface area contributed by atoms with E-state index in [0.717, 1.165) is 22.4 Å². The van der Waals surface area contributed by atoms with Crippen molar-refractivity contribution in [3.63, 3.8) is 0 Å². The minimum atomic E-state index is -0.0195. The van der Waals surface area contributed by atoms with Gasteiger partial charge in [-0.05, 0) is 42.3 Å². The van der Waals surface area contributed by atoms with Crippen LogP contribution in [0.25, 0.3) is 11.5 Å². The van der Waals surface area contributed by atoms with E-state index in [4.69, 9.17) is 4.42 Å². The Morgan fingerprint density at radius 3 is 2.40 bits per heavy atom. The van der Waals surface area contributed by atoms with Crippen LogP contribution in [0.15, 0.2) is 94.6 Å². The van der Waals surface area contributed by atoms with Crippen molar-refractivity contribution in [1.29, 1.82) is 0 Å². The van der Waals surface area contributed by atoms with Crippen molar-refractivity contribution < 1.29 is 9.21 Å². The molecular weight excluding hydrogens is 394 g/mol. The summed E-state index contributed by atoms with van der Waals surface area (Å²) >= 11 is 1.25. The van der Waals surface area contributed by atoms with Crippen molar-refractivity contribution in [3.8, 4) is 11.5 Å². The van der Waals surface area contributed by atoms with E-state index in [1.165, 1.54) is 11.8 Å². The highest BCUT2D eigenvalue weighted by Crippen LogP contribution is 2.25. The Bertz CT molecular complexity index is 1110. The molecule has 3 aromatic carbocycles. The van der Waals surface area contributed by atoms with Crippen LogP contribution < -0.4 is 4.90 Å². The van der Waals surface area contributed by atoms with Gasteiger partial charge < -0.3 is 9.32 Å². The monoisotopic (exact) mass is 415 g/mol. The summed E-state index contributed by atoms with van der Waals surface area (Å²) in [6, 6.07) is 27.5. The molecule has 0 atom stereocenters. The lowest BCUT2D eigenvalue weighted by Crippen LogP contribution is -2.32. The third-order valence-electron chi connectivity index (χ3n) is 4.54. The number of thioether (sulfide) groups is 1. The Morgan fingerprint density at radius 2 is 1.67 bits per heavy atom. The number of carbonyl (C=O) groups is 1. The fraction of sp³-hybridized carbons (Fsp3) is 0.125. The highest BCUT2D eigenvalue weighted by atomic mass is 32.2. The quantitative estimate of drug-likeness (QED) is 0.380. The van der Waals surface area contributed by atoms with Crippen molar-refractivity contribution in [3.05, 3.63) is 96.1 Å². The Labute approximate surface area is 179 Å². The average molecular weight is 416 g/mol. The van der Waals surface area contributed by atoms with Crippen molar-refractivity contribution in [1.82, 2.24) is 10.2 Å². The zero-order valence-corrected chi connectivity index (χ0v) is 17.4. The summed E-state index contributed by atoms with van der Waals surface area (Å²) in [5, 5.41) is 8.54. The molecule has 1 aromatic heterocycles. The first-order valence-corrected chi connectivity index (χ1v) is 10.6. The third-order valence-corrected chi connectivity index (χ3v) is 5.35. The molecule has 0 aliphatic carbocycles. The van der Waals surface area contributed by atoms with E-state index in [-0.39, 0.29) is 11.7 Å². The van der Waals surface area contributed by atoms with Crippen LogP contribution in [-0.4, -0.2) is 21.9 Å². The molecule has 1 heterocycles. The van der Waals surface area contributed by atoms with Crippen LogP contribution in [0.1, 0.15) is 11.1 Å². The number of carbonyl (C=O) groups excluding carboxylic acids is 1. The second-order valence-electron chi connectivity index (χ2n) is 6.83. The average Bonchev–Trinajstić information content (AvgIpc) is 3.26. The molecule has 0 fully saturated rings. The summed E-state index contributed by atoms with van der Waals surface area (Å²) in [6.45, 7) is 2.52. The van der Waals surface area contributed by atoms with E-state index in [1.54, 1.807) is 4.90 Å². The normalized spacial score (nSPS) is 10.7. The predicted octanol–water partition coefficient (Wildman–Crippen LogP) is 5.37. The maximum Gasteiger partial charge on any atom is 0.277 e. The van der Waals surface area contributed by atoms with Gasteiger partial charge in [0.1, 0.15) is 0 Å². The third kappa shape index (κ3) is 4.96. The molecule has 0 aliphatic rings. The highest BCUT2D eigenvalue weighted by molar-refractivity contribution is 7.99. The van der Waals surface area contributed by atoms with E-state index in [0.29, 0.717) is 17.7 Å². The topological polar surface area (TPSA) is 59.2 Å². The number of anilines is 1. The van der Waals surface area contributed by atoms with Gasteiger partial charge in [-0.15, -0.1) is 10.2 Å². The van der Waals surface area contributed by atoms with E-state index in [1.807, 2.05) is 91.9 Å². The Morgan fingerprint density at radius 1 is 0.933 bits per heavy atom. The smallest absolute Gasteiger partial charge is 0.277 e. The fourth-order valence-electron chi connectivity index (χ4n) is 3.05. The molecule has 1 amide bonds. The van der Waals surface area contributed by atoms with Gasteiger partial charge in [-0.3, -0.25) is 4.79 Å². The number of aromatic nitrogens is 2. The number of hydrogen-bond donors (Lipinski definition) is 0. The number of amides is 1. The van der Waals surface area contributed by atoms with Gasteiger partial charge in [0.05, 0.1) is 12.3 Å². The summed E-state index contributed by atoms with van der Waals surface area (Å²) in [4.78, 5) is 14.9. The molecule has 0 saturated heterocycles. The summed E-state index contributed by atoms with van der Waals surface area (Å²) < 4.78 is 5.71. The number of hydrogen-bond acceptors (Lipinski definition) is 5. The molecule has 6 heteroatoms. The molecule has 0 radical (unpaired) electrons. The van der Waals surface area contributed by atoms with Crippen LogP contribution in [0.2, 0.25) is 0 Å². The summed E-state index contributed by atoms with van der Waals surface area (Å²) in [6.07, 6.45) is 0. The predicted molar refractivity (Wildman–Crippen MR) is 119 cm³/mol. The summed E-state index contributed by atoms with van der Waals surface area (Å²) in [7, 11) is 0. The van der Waals surface area contributed by atoms with Crippen LogP contribution >= 0.6 is 11.8 Å². The number of aryl methyl sites for hydroxylation is 1. The van der Waals surface area contributed by atoms with Crippen LogP contribution in [0.4, 0.5) is 5.69 Å². The molecule has 5 nitrogen and oxygen atoms in total. The van der Waals surface area contributed by atoms with Crippen LogP contribution in [0.5, 0.6) is 0 Å². The standard InChI is InChI=1S/C24H21N3O2S/c1-18-9-8-14-21(15-18)27(16-19-10-4-2-5-11-19)22(28)17-30-24-26-25-23(29-24)20-12-6-3-7-13-20/h2-15H,16-17H2,1H3. The van der Waals surface area contributed by atoms with Gasteiger partial charge in [0, 0.05) is 11.3 Å². The van der Waals surface area contributed by atoms with E-state index in [9.17, 15) is 4.79 Å². The summed E-state index contributed by atoms with van der Waals surface area (Å²) in [5.74, 6) is 0.635. The largest absolute Gasteiger partial charge is 0.411 e. The fourth-order valence-corrected chi connectivity index (χ4v) is 3.69. The van der Waals surface area contributed by atoms with Crippen molar-refractivity contribution in [2.75, 3.05) is 10.7 Å². The van der Waals surface area contributed by atoms with Crippen LogP contribution in [0, 0.1) is 6.92 Å². The van der Waals surface area contributed by atoms with Crippen molar-refractivity contribution in [2.45, 2.75) is 18.7 Å². The van der Waals surface area contributed by atoms with Gasteiger partial charge >= 0.3 is 0 Å². The van der Waals surface area contributed by atoms with Gasteiger partial charge in [0.25, 0.3) is 5.22 Å². The van der Waals surface area contributed by atoms with Gasteiger partial charge in [0.2, 0.25) is 11.8 Å². The molecule has 4 aromatic rings. The number of nitrogens with zero attached hydrogens (tertiary/aromatic N) is 3. The number of benzene rings is 3. The minimum Gasteiger partial charge on any atom is -0.411 e. The molecule has 0 spiro atoms. The molecule has 4 rings (SSSR count). The van der Waals surface area contributed by atoms with E-state index in [2.05, 4.69) is 10.2 Å². The lowest BCUT2D eigenvalue weighted by molar-refractivity contribution is -0.116. The lowest BCUT2D eigenvalue weighted by Gasteiger charge is -2.23. The SMILES string of the molecule is Cc1cccc(N(Cc2ccccc2)C(=O)CSc2nnc(-c3ccccc3)o2)c1. The molecular formula is C24H21N3O2S. The molecule has 150 valence electrons. The van der Waals surface area contributed by atoms with E-state index < -0.39 is 0 Å². The van der Waals surface area contributed by atoms with Gasteiger partial charge in [-0.25, -0.2) is 0 Å². The summed E-state index contributed by atoms with van der Waals surface area (Å²) in [5.41, 5.74) is 3.91. The minimum absolute atomic E-state index is 0.0195. The maximum absolute atomic E-state index is 13.1. The molecule has 0 unspecified atom stereocenters. The molecule has 30 heavy (non-hydrogen) atoms. The van der Waals surface area contributed by atoms with Gasteiger partial charge in [-0.1, -0.05) is 72.4 Å². The highest BCUT2D eigenvalue weighted by Gasteiger charge is 2.18. The molecule has 0 saturated carbocycles. The Balaban J connectivity index is 1.48. The lowest BCUT2D eigenvalue weighted by atomic mass is 10.1. The van der Waals surface area contributed by atoms with Gasteiger partial charge in [-0.2, -0.15) is 0 Å². The second kappa shape index (κ2) is 9.41. The van der Waals surface area contributed by atoms with E-state index >= 15 is 0 Å². The Hall–Kier alpha value is -3.38. The number of rotatable bonds is 7. The molecule has 0 aliphatic heterocycles. The van der Waals surface area contributed by atoms with Crippen molar-refractivity contribution >= 4 is 23.4 Å². The molecule has 0 N–H and O–H groups in total.